The van der Waals surface area contributed by atoms with Crippen LogP contribution in [-0.4, -0.2) is 13.0 Å². The van der Waals surface area contributed by atoms with E-state index in [4.69, 9.17) is 4.55 Å². The molecule has 0 aliphatic carbocycles. The van der Waals surface area contributed by atoms with Crippen molar-refractivity contribution in [1.29, 1.82) is 0 Å². The van der Waals surface area contributed by atoms with E-state index in [1.165, 1.54) is 6.07 Å². The predicted octanol–water partition coefficient (Wildman–Crippen LogP) is 2.63. The summed E-state index contributed by atoms with van der Waals surface area (Å²) in [5.74, 6) is 0.0920. The standard InChI is InChI=1S/C18H15O4PS/c19-24(20,21)22-15-8-7-13-18(14-15)23(16-9-3-1-4-10-16)17-11-5-2-6-12-17/h1-14H,(H,19,20,21). The van der Waals surface area contributed by atoms with Gasteiger partial charge in [0, 0.05) is 0 Å². The van der Waals surface area contributed by atoms with Crippen LogP contribution in [0.25, 0.3) is 0 Å². The Morgan fingerprint density at radius 1 is 0.708 bits per heavy atom. The summed E-state index contributed by atoms with van der Waals surface area (Å²) in [6, 6.07) is 26.8. The van der Waals surface area contributed by atoms with Gasteiger partial charge < -0.3 is 4.18 Å². The molecule has 3 aromatic rings. The van der Waals surface area contributed by atoms with Gasteiger partial charge in [-0.3, -0.25) is 4.55 Å². The first-order valence-electron chi connectivity index (χ1n) is 7.20. The quantitative estimate of drug-likeness (QED) is 0.563. The molecule has 0 saturated carbocycles. The third-order valence-corrected chi connectivity index (χ3v) is 6.13. The second-order valence-corrected chi connectivity index (χ2v) is 8.26. The van der Waals surface area contributed by atoms with Gasteiger partial charge in [-0.15, -0.1) is 0 Å². The van der Waals surface area contributed by atoms with Crippen LogP contribution < -0.4 is 20.1 Å². The highest BCUT2D eigenvalue weighted by Gasteiger charge is 2.17. The zero-order valence-corrected chi connectivity index (χ0v) is 14.3. The van der Waals surface area contributed by atoms with E-state index < -0.39 is 18.3 Å². The molecule has 3 aromatic carbocycles. The molecule has 0 aliphatic heterocycles. The van der Waals surface area contributed by atoms with Crippen LogP contribution in [0.1, 0.15) is 0 Å². The largest absolute Gasteiger partial charge is 0.446 e. The van der Waals surface area contributed by atoms with E-state index >= 15 is 0 Å². The van der Waals surface area contributed by atoms with Crippen LogP contribution in [0.4, 0.5) is 0 Å². The SMILES string of the molecule is O=S(=O)(O)Oc1cccc(P(c2ccccc2)c2ccccc2)c1. The summed E-state index contributed by atoms with van der Waals surface area (Å²) in [4.78, 5) is 0. The lowest BCUT2D eigenvalue weighted by Gasteiger charge is -2.19. The lowest BCUT2D eigenvalue weighted by molar-refractivity contribution is 0.387. The van der Waals surface area contributed by atoms with E-state index in [0.29, 0.717) is 0 Å². The minimum atomic E-state index is -4.54. The van der Waals surface area contributed by atoms with Crippen molar-refractivity contribution in [3.8, 4) is 5.75 Å². The first-order chi connectivity index (χ1) is 11.5. The highest BCUT2D eigenvalue weighted by molar-refractivity contribution is 7.81. The monoisotopic (exact) mass is 358 g/mol. The Morgan fingerprint density at radius 2 is 1.21 bits per heavy atom. The summed E-state index contributed by atoms with van der Waals surface area (Å²) >= 11 is 0. The summed E-state index contributed by atoms with van der Waals surface area (Å²) in [6.07, 6.45) is 0. The lowest BCUT2D eigenvalue weighted by atomic mass is 10.3. The van der Waals surface area contributed by atoms with Gasteiger partial charge in [-0.1, -0.05) is 72.8 Å². The van der Waals surface area contributed by atoms with Gasteiger partial charge in [-0.25, -0.2) is 0 Å². The lowest BCUT2D eigenvalue weighted by Crippen LogP contribution is -2.20. The zero-order valence-electron chi connectivity index (χ0n) is 12.6. The molecule has 4 nitrogen and oxygen atoms in total. The van der Waals surface area contributed by atoms with Crippen molar-refractivity contribution in [2.75, 3.05) is 0 Å². The molecule has 0 heterocycles. The molecule has 0 fully saturated rings. The highest BCUT2D eigenvalue weighted by Crippen LogP contribution is 2.33. The highest BCUT2D eigenvalue weighted by atomic mass is 32.3. The average molecular weight is 358 g/mol. The Hall–Kier alpha value is -2.20. The maximum Gasteiger partial charge on any atom is 0.446 e. The smallest absolute Gasteiger partial charge is 0.362 e. The van der Waals surface area contributed by atoms with Gasteiger partial charge >= 0.3 is 10.4 Å². The minimum absolute atomic E-state index is 0.0920. The molecule has 6 heteroatoms. The molecule has 0 bridgehead atoms. The molecule has 3 rings (SSSR count). The van der Waals surface area contributed by atoms with Crippen molar-refractivity contribution in [2.24, 2.45) is 0 Å². The second kappa shape index (κ2) is 7.14. The molecule has 122 valence electrons. The molecule has 0 spiro atoms. The van der Waals surface area contributed by atoms with Crippen molar-refractivity contribution in [2.45, 2.75) is 0 Å². The van der Waals surface area contributed by atoms with E-state index in [1.54, 1.807) is 12.1 Å². The van der Waals surface area contributed by atoms with E-state index in [9.17, 15) is 8.42 Å². The number of benzene rings is 3. The Bertz CT molecular complexity index is 873. The molecule has 24 heavy (non-hydrogen) atoms. The summed E-state index contributed by atoms with van der Waals surface area (Å²) in [6.45, 7) is 0. The third-order valence-electron chi connectivity index (χ3n) is 3.31. The van der Waals surface area contributed by atoms with Gasteiger partial charge in [0.25, 0.3) is 0 Å². The van der Waals surface area contributed by atoms with Crippen LogP contribution >= 0.6 is 7.92 Å². The summed E-state index contributed by atoms with van der Waals surface area (Å²) < 4.78 is 35.4. The summed E-state index contributed by atoms with van der Waals surface area (Å²) in [5.41, 5.74) is 0. The van der Waals surface area contributed by atoms with Gasteiger partial charge in [0.15, 0.2) is 0 Å². The first-order valence-corrected chi connectivity index (χ1v) is 9.91. The van der Waals surface area contributed by atoms with Crippen molar-refractivity contribution in [3.63, 3.8) is 0 Å². The average Bonchev–Trinajstić information content (AvgIpc) is 2.56. The molecule has 0 unspecified atom stereocenters. The van der Waals surface area contributed by atoms with E-state index in [-0.39, 0.29) is 5.75 Å². The Balaban J connectivity index is 2.08. The molecule has 0 saturated heterocycles. The maximum absolute atomic E-state index is 11.0. The van der Waals surface area contributed by atoms with Crippen molar-refractivity contribution in [1.82, 2.24) is 0 Å². The molecular weight excluding hydrogens is 343 g/mol. The molecule has 0 amide bonds. The van der Waals surface area contributed by atoms with Crippen molar-refractivity contribution < 1.29 is 17.2 Å². The van der Waals surface area contributed by atoms with Crippen LogP contribution in [0.5, 0.6) is 5.75 Å². The van der Waals surface area contributed by atoms with E-state index in [2.05, 4.69) is 28.4 Å². The third kappa shape index (κ3) is 4.20. The summed E-state index contributed by atoms with van der Waals surface area (Å²) in [5, 5.41) is 3.22. The van der Waals surface area contributed by atoms with Gasteiger partial charge in [-0.05, 0) is 36.0 Å². The number of hydrogen-bond acceptors (Lipinski definition) is 3. The van der Waals surface area contributed by atoms with Crippen molar-refractivity contribution in [3.05, 3.63) is 84.9 Å². The fourth-order valence-corrected chi connectivity index (χ4v) is 5.07. The first kappa shape index (κ1) is 16.7. The molecule has 0 aliphatic rings. The van der Waals surface area contributed by atoms with Gasteiger partial charge in [0.2, 0.25) is 0 Å². The molecular formula is C18H15O4PS. The topological polar surface area (TPSA) is 63.6 Å². The maximum atomic E-state index is 11.0. The zero-order chi connectivity index (χ0) is 17.0. The van der Waals surface area contributed by atoms with Crippen molar-refractivity contribution >= 4 is 34.2 Å². The van der Waals surface area contributed by atoms with Gasteiger partial charge in [0.1, 0.15) is 5.75 Å². The molecule has 0 aromatic heterocycles. The van der Waals surface area contributed by atoms with Gasteiger partial charge in [0.05, 0.1) is 0 Å². The van der Waals surface area contributed by atoms with Crippen LogP contribution in [0.15, 0.2) is 84.9 Å². The molecule has 1 N–H and O–H groups in total. The minimum Gasteiger partial charge on any atom is -0.362 e. The number of rotatable bonds is 5. The van der Waals surface area contributed by atoms with Gasteiger partial charge in [-0.2, -0.15) is 8.42 Å². The Morgan fingerprint density at radius 3 is 1.71 bits per heavy atom. The van der Waals surface area contributed by atoms with Crippen LogP contribution in [-0.2, 0) is 10.4 Å². The van der Waals surface area contributed by atoms with E-state index in [0.717, 1.165) is 15.9 Å². The van der Waals surface area contributed by atoms with E-state index in [1.807, 2.05) is 42.5 Å². The normalized spacial score (nSPS) is 11.4. The van der Waals surface area contributed by atoms with Crippen LogP contribution in [0, 0.1) is 0 Å². The molecule has 0 atom stereocenters. The fourth-order valence-electron chi connectivity index (χ4n) is 2.40. The van der Waals surface area contributed by atoms with Crippen LogP contribution in [0.3, 0.4) is 0 Å². The molecule has 0 radical (unpaired) electrons. The Labute approximate surface area is 142 Å². The Kier molecular flexibility index (Phi) is 4.95. The fraction of sp³-hybridized carbons (Fsp3) is 0. The predicted molar refractivity (Wildman–Crippen MR) is 97.3 cm³/mol. The second-order valence-electron chi connectivity index (χ2n) is 5.01. The number of hydrogen-bond donors (Lipinski definition) is 1. The van der Waals surface area contributed by atoms with Crippen LogP contribution in [0.2, 0.25) is 0 Å². The summed E-state index contributed by atoms with van der Waals surface area (Å²) in [7, 11) is -5.40.